The molecule has 1 aromatic carbocycles. The van der Waals surface area contributed by atoms with Crippen LogP contribution >= 0.6 is 0 Å². The van der Waals surface area contributed by atoms with Crippen molar-refractivity contribution >= 4 is 23.2 Å². The maximum absolute atomic E-state index is 14.1. The molecule has 34 heteroatoms. The molecule has 0 aromatic heterocycles. The molecule has 0 saturated carbocycles. The van der Waals surface area contributed by atoms with E-state index >= 15 is 0 Å². The van der Waals surface area contributed by atoms with Crippen LogP contribution in [0.5, 0.6) is 0 Å². The van der Waals surface area contributed by atoms with Gasteiger partial charge in [0.25, 0.3) is 0 Å². The Morgan fingerprint density at radius 2 is 0.518 bits per heavy atom. The summed E-state index contributed by atoms with van der Waals surface area (Å²) in [5.41, 5.74) is -3.96. The Balaban J connectivity index is 3.55. The van der Waals surface area contributed by atoms with E-state index in [1.165, 1.54) is 0 Å². The van der Waals surface area contributed by atoms with Gasteiger partial charge in [-0.2, -0.15) is 132 Å². The highest BCUT2D eigenvalue weighted by Gasteiger charge is 2.95. The van der Waals surface area contributed by atoms with Gasteiger partial charge >= 0.3 is 95.2 Å². The first kappa shape index (κ1) is 50.1. The lowest BCUT2D eigenvalue weighted by Gasteiger charge is -2.41. The lowest BCUT2D eigenvalue weighted by molar-refractivity contribution is -0.449. The van der Waals surface area contributed by atoms with Crippen LogP contribution in [-0.4, -0.2) is 95.2 Å². The molecule has 0 unspecified atom stereocenters. The van der Waals surface area contributed by atoms with Gasteiger partial charge in [0.15, 0.2) is 0 Å². The molecule has 326 valence electrons. The van der Waals surface area contributed by atoms with Crippen LogP contribution in [0.4, 0.5) is 143 Å². The number of hydrogen-bond acceptors (Lipinski definition) is 2. The summed E-state index contributed by atoms with van der Waals surface area (Å²) >= 11 is 0. The number of halogens is 30. The zero-order chi connectivity index (χ0) is 45.6. The first-order valence-electron chi connectivity index (χ1n) is 12.4. The molecular formula is C22H6F30N2O2. The van der Waals surface area contributed by atoms with Gasteiger partial charge in [0, 0.05) is 11.4 Å². The second kappa shape index (κ2) is 13.3. The summed E-state index contributed by atoms with van der Waals surface area (Å²) in [5.74, 6) is -111. The van der Waals surface area contributed by atoms with Crippen molar-refractivity contribution in [2.45, 2.75) is 83.4 Å². The van der Waals surface area contributed by atoms with Crippen LogP contribution < -0.4 is 10.6 Å². The first-order chi connectivity index (χ1) is 24.0. The fourth-order valence-corrected chi connectivity index (χ4v) is 3.31. The van der Waals surface area contributed by atoms with Crippen LogP contribution in [0.3, 0.4) is 0 Å². The Morgan fingerprint density at radius 3 is 0.732 bits per heavy atom. The molecule has 0 heterocycles. The number of carbonyl (C=O) groups excluding carboxylic acids is 2. The largest absolute Gasteiger partial charge is 0.460 e. The maximum atomic E-state index is 14.1. The van der Waals surface area contributed by atoms with Gasteiger partial charge in [-0.05, 0) is 18.2 Å². The zero-order valence-corrected chi connectivity index (χ0v) is 24.5. The number of hydrogen-bond donors (Lipinski definition) is 2. The summed E-state index contributed by atoms with van der Waals surface area (Å²) in [5, 5.41) is 0.319. The average Bonchev–Trinajstić information content (AvgIpc) is 2.98. The summed E-state index contributed by atoms with van der Waals surface area (Å²) in [6.45, 7) is 0. The highest BCUT2D eigenvalue weighted by atomic mass is 19.4. The van der Waals surface area contributed by atoms with Gasteiger partial charge in [0.2, 0.25) is 0 Å². The Kier molecular flexibility index (Phi) is 11.9. The van der Waals surface area contributed by atoms with E-state index in [2.05, 4.69) is 0 Å². The predicted molar refractivity (Wildman–Crippen MR) is 115 cm³/mol. The van der Waals surface area contributed by atoms with Gasteiger partial charge in [0.1, 0.15) is 0 Å². The van der Waals surface area contributed by atoms with E-state index in [9.17, 15) is 141 Å². The van der Waals surface area contributed by atoms with E-state index in [1.807, 2.05) is 0 Å². The molecule has 0 spiro atoms. The van der Waals surface area contributed by atoms with Gasteiger partial charge in [-0.15, -0.1) is 0 Å². The Labute approximate surface area is 284 Å². The van der Waals surface area contributed by atoms with E-state index in [-0.39, 0.29) is 28.8 Å². The second-order valence-corrected chi connectivity index (χ2v) is 10.4. The van der Waals surface area contributed by atoms with E-state index in [0.717, 1.165) is 0 Å². The van der Waals surface area contributed by atoms with E-state index in [0.29, 0.717) is 0 Å². The van der Waals surface area contributed by atoms with Crippen LogP contribution in [0, 0.1) is 0 Å². The van der Waals surface area contributed by atoms with E-state index in [1.54, 1.807) is 0 Å². The van der Waals surface area contributed by atoms with Crippen LogP contribution in [-0.2, 0) is 9.59 Å². The van der Waals surface area contributed by atoms with Crippen molar-refractivity contribution in [1.82, 2.24) is 0 Å². The third kappa shape index (κ3) is 6.70. The number of benzene rings is 1. The minimum absolute atomic E-state index is 0.0666. The van der Waals surface area contributed by atoms with Crippen LogP contribution in [0.1, 0.15) is 0 Å². The number of anilines is 2. The summed E-state index contributed by atoms with van der Waals surface area (Å²) in [7, 11) is 0. The zero-order valence-electron chi connectivity index (χ0n) is 24.5. The van der Waals surface area contributed by atoms with Gasteiger partial charge in [-0.25, -0.2) is 0 Å². The van der Waals surface area contributed by atoms with Crippen molar-refractivity contribution in [3.05, 3.63) is 24.3 Å². The molecule has 2 N–H and O–H groups in total. The van der Waals surface area contributed by atoms with Crippen molar-refractivity contribution < 1.29 is 141 Å². The molecule has 4 nitrogen and oxygen atoms in total. The molecule has 0 saturated heterocycles. The molecule has 0 aliphatic rings. The van der Waals surface area contributed by atoms with Crippen LogP contribution in [0.15, 0.2) is 24.3 Å². The lowest BCUT2D eigenvalue weighted by atomic mass is 9.90. The lowest BCUT2D eigenvalue weighted by Crippen LogP contribution is -2.73. The van der Waals surface area contributed by atoms with Gasteiger partial charge < -0.3 is 10.6 Å². The molecule has 0 radical (unpaired) electrons. The smallest absolute Gasteiger partial charge is 0.321 e. The van der Waals surface area contributed by atoms with E-state index in [4.69, 9.17) is 0 Å². The fraction of sp³-hybridized carbons (Fsp3) is 0.636. The molecule has 0 bridgehead atoms. The Hall–Kier alpha value is -3.94. The van der Waals surface area contributed by atoms with Crippen molar-refractivity contribution in [2.24, 2.45) is 0 Å². The molecule has 0 aliphatic heterocycles. The SMILES string of the molecule is O=C(Nc1cccc(NC(=O)C(F)(F)C(F)(F)C(F)(F)C(F)(F)C(F)(F)C(F)(F)C(F)(F)F)c1)C(F)(F)C(F)(F)C(F)(F)C(F)(F)C(F)(F)C(F)(F)C(F)(F)F. The highest BCUT2D eigenvalue weighted by Crippen LogP contribution is 2.64. The van der Waals surface area contributed by atoms with Gasteiger partial charge in [-0.1, -0.05) is 6.07 Å². The van der Waals surface area contributed by atoms with Crippen LogP contribution in [0.25, 0.3) is 0 Å². The van der Waals surface area contributed by atoms with Crippen molar-refractivity contribution in [2.75, 3.05) is 10.6 Å². The van der Waals surface area contributed by atoms with Crippen LogP contribution in [0.2, 0.25) is 0 Å². The molecule has 1 aromatic rings. The molecule has 2 amide bonds. The topological polar surface area (TPSA) is 58.2 Å². The minimum atomic E-state index is -8.89. The Bertz CT molecular complexity index is 1520. The number of nitrogens with one attached hydrogen (secondary N) is 2. The monoisotopic (exact) mass is 900 g/mol. The summed E-state index contributed by atoms with van der Waals surface area (Å²) in [4.78, 5) is 23.2. The quantitative estimate of drug-likeness (QED) is 0.183. The maximum Gasteiger partial charge on any atom is 0.460 e. The first-order valence-corrected chi connectivity index (χ1v) is 12.4. The highest BCUT2D eigenvalue weighted by molar-refractivity contribution is 5.99. The van der Waals surface area contributed by atoms with Gasteiger partial charge in [-0.3, -0.25) is 9.59 Å². The molecule has 56 heavy (non-hydrogen) atoms. The number of carbonyl (C=O) groups is 2. The molecule has 0 atom stereocenters. The molecule has 0 fully saturated rings. The Morgan fingerprint density at radius 1 is 0.321 bits per heavy atom. The number of alkyl halides is 30. The van der Waals surface area contributed by atoms with Crippen molar-refractivity contribution in [3.63, 3.8) is 0 Å². The predicted octanol–water partition coefficient (Wildman–Crippen LogP) is 10.3. The number of rotatable bonds is 14. The molecule has 1 rings (SSSR count). The standard InChI is InChI=1S/C22H6F30N2O2/c23-9(24,11(27,28)13(31,32)15(35,36)17(39,40)19(43,44)21(47,48)49)7(55)53-5-2-1-3-6(4-5)54-8(56)10(25,26)12(29,30)14(33,34)16(37,38)18(41,42)20(45,46)22(50,51)52/h1-4H,(H,53,55)(H,54,56). The van der Waals surface area contributed by atoms with Gasteiger partial charge in [0.05, 0.1) is 0 Å². The fourth-order valence-electron chi connectivity index (χ4n) is 3.31. The van der Waals surface area contributed by atoms with Crippen molar-refractivity contribution in [1.29, 1.82) is 0 Å². The third-order valence-electron chi connectivity index (χ3n) is 6.60. The molecule has 0 aliphatic carbocycles. The average molecular weight is 900 g/mol. The molecular weight excluding hydrogens is 894 g/mol. The summed E-state index contributed by atoms with van der Waals surface area (Å²) in [6, 6.07) is -0.968. The second-order valence-electron chi connectivity index (χ2n) is 10.4. The van der Waals surface area contributed by atoms with E-state index < -0.39 is 113 Å². The minimum Gasteiger partial charge on any atom is -0.321 e. The summed E-state index contributed by atoms with van der Waals surface area (Å²) < 4.78 is 399. The summed E-state index contributed by atoms with van der Waals surface area (Å²) in [6.07, 6.45) is -16.0. The van der Waals surface area contributed by atoms with Crippen molar-refractivity contribution in [3.8, 4) is 0 Å². The normalized spacial score (nSPS) is 15.8. The number of amides is 2. The third-order valence-corrected chi connectivity index (χ3v) is 6.60.